The van der Waals surface area contributed by atoms with Gasteiger partial charge in [0.2, 0.25) is 65.0 Å². The first kappa shape index (κ1) is 67.8. The average molecular weight is 1150 g/mol. The van der Waals surface area contributed by atoms with E-state index in [-0.39, 0.29) is 56.7 Å². The van der Waals surface area contributed by atoms with Crippen LogP contribution in [0.15, 0.2) is 59.7 Å². The lowest BCUT2D eigenvalue weighted by molar-refractivity contribution is -0.140. The topological polar surface area (TPSA) is 448 Å². The third-order valence-corrected chi connectivity index (χ3v) is 13.0. The van der Waals surface area contributed by atoms with Crippen LogP contribution in [0.1, 0.15) is 98.1 Å². The highest BCUT2D eigenvalue weighted by molar-refractivity contribution is 5.99. The van der Waals surface area contributed by atoms with Crippen LogP contribution < -0.4 is 60.2 Å². The number of carbonyl (C=O) groups is 11. The van der Waals surface area contributed by atoms with E-state index in [9.17, 15) is 63.0 Å². The van der Waals surface area contributed by atoms with Crippen LogP contribution in [0.3, 0.4) is 0 Å². The van der Waals surface area contributed by atoms with Crippen molar-refractivity contribution in [2.24, 2.45) is 39.8 Å². The molecule has 2 aromatic carbocycles. The summed E-state index contributed by atoms with van der Waals surface area (Å²) in [5.74, 6) is -10.7. The van der Waals surface area contributed by atoms with Crippen molar-refractivity contribution in [3.05, 3.63) is 65.9 Å². The number of aromatic amines is 1. The molecule has 11 amide bonds. The molecule has 0 aliphatic rings. The van der Waals surface area contributed by atoms with Crippen molar-refractivity contribution in [3.63, 3.8) is 0 Å². The first-order valence-electron chi connectivity index (χ1n) is 26.9. The van der Waals surface area contributed by atoms with Crippen LogP contribution in [0.5, 0.6) is 5.75 Å². The van der Waals surface area contributed by atoms with Crippen LogP contribution in [-0.2, 0) is 65.6 Å². The van der Waals surface area contributed by atoms with Gasteiger partial charge in [-0.05, 0) is 87.6 Å². The molecule has 0 saturated carbocycles. The second-order valence-electron chi connectivity index (χ2n) is 21.2. The van der Waals surface area contributed by atoms with Crippen LogP contribution in [-0.4, -0.2) is 165 Å². The van der Waals surface area contributed by atoms with E-state index in [1.165, 1.54) is 38.2 Å². The number of carbonyl (C=O) groups excluding carboxylic acids is 11. The molecule has 0 bridgehead atoms. The molecule has 27 heteroatoms. The number of nitrogens with one attached hydrogen (secondary N) is 8. The third kappa shape index (κ3) is 22.6. The van der Waals surface area contributed by atoms with E-state index in [4.69, 9.17) is 22.9 Å². The van der Waals surface area contributed by atoms with Crippen molar-refractivity contribution in [2.45, 2.75) is 154 Å². The summed E-state index contributed by atoms with van der Waals surface area (Å²) in [5, 5.41) is 39.0. The number of hydrogen-bond acceptors (Lipinski definition) is 15. The second-order valence-corrected chi connectivity index (χ2v) is 21.2. The van der Waals surface area contributed by atoms with Gasteiger partial charge < -0.3 is 80.2 Å². The van der Waals surface area contributed by atoms with Crippen LogP contribution in [0, 0.1) is 11.8 Å². The predicted octanol–water partition coefficient (Wildman–Crippen LogP) is -2.19. The van der Waals surface area contributed by atoms with Crippen molar-refractivity contribution in [1.82, 2.24) is 47.1 Å². The zero-order valence-corrected chi connectivity index (χ0v) is 47.7. The number of phenols is 1. The summed E-state index contributed by atoms with van der Waals surface area (Å²) >= 11 is 0. The van der Waals surface area contributed by atoms with E-state index in [1.54, 1.807) is 58.2 Å². The Kier molecular flexibility index (Phi) is 27.0. The quantitative estimate of drug-likeness (QED) is 0.0223. The van der Waals surface area contributed by atoms with Gasteiger partial charge in [0.15, 0.2) is 0 Å². The molecule has 0 fully saturated rings. The molecule has 0 radical (unpaired) electrons. The van der Waals surface area contributed by atoms with Gasteiger partial charge in [-0.2, -0.15) is 0 Å². The Hall–Kier alpha value is -8.46. The van der Waals surface area contributed by atoms with Gasteiger partial charge in [-0.15, -0.1) is 0 Å². The maximum Gasteiger partial charge on any atom is 0.245 e. The molecule has 1 aromatic heterocycles. The molecule has 9 atom stereocenters. The van der Waals surface area contributed by atoms with Crippen molar-refractivity contribution in [1.29, 1.82) is 0 Å². The maximum absolute atomic E-state index is 14.5. The van der Waals surface area contributed by atoms with Crippen molar-refractivity contribution in [3.8, 4) is 5.75 Å². The largest absolute Gasteiger partial charge is 0.508 e. The molecule has 18 N–H and O–H groups in total. The number of rotatable bonds is 34. The summed E-state index contributed by atoms with van der Waals surface area (Å²) in [5.41, 5.74) is 25.0. The molecule has 0 aliphatic carbocycles. The number of aliphatic imine (C=N–C) groups is 1. The number of amides is 11. The highest BCUT2D eigenvalue weighted by atomic mass is 16.3. The van der Waals surface area contributed by atoms with Crippen molar-refractivity contribution < 1.29 is 63.0 Å². The Balaban J connectivity index is 1.90. The molecule has 450 valence electrons. The smallest absolute Gasteiger partial charge is 0.245 e. The lowest BCUT2D eigenvalue weighted by Gasteiger charge is -2.30. The molecule has 0 saturated heterocycles. The number of fused-ring (bicyclic) bond motifs is 1. The summed E-state index contributed by atoms with van der Waals surface area (Å²) < 4.78 is 0. The molecular weight excluding hydrogens is 1060 g/mol. The summed E-state index contributed by atoms with van der Waals surface area (Å²) in [4.78, 5) is 156. The number of likely N-dealkylation sites (N-methyl/N-ethyl adjacent to an activating group) is 1. The number of H-pyrrole nitrogens is 1. The van der Waals surface area contributed by atoms with Crippen LogP contribution in [0.2, 0.25) is 0 Å². The Morgan fingerprint density at radius 1 is 0.646 bits per heavy atom. The standard InChI is InChI=1S/C55H82N14O13/c1-28(2)22-36(56)49(76)65-42(25-44(58)73)51(78)66-41(24-33-26-61-37-13-10-9-12-35(33)37)52(79)67-46(29(3)4)53(80)68-47(31(7)70)54(81)63-38(14-11-21-60-30(5)6)50(77)64-39(19-20-43(57)72)55(82)69(8)27-45(74)62-40(48(59)75)23-32-15-17-34(71)18-16-32/h9-10,12-13,15-18,26,28-29,31,36,38-42,46-47,61,70-71H,11,14,19-25,27,56H2,1-8H3,(H2,57,72)(H2,58,73)(H2,59,75)(H,62,74)(H,63,81)(H,64,77)(H,65,76)(H,66,78)(H,67,79)(H,68,80). The van der Waals surface area contributed by atoms with E-state index in [1.807, 2.05) is 13.8 Å². The minimum atomic E-state index is -1.78. The van der Waals surface area contributed by atoms with E-state index in [0.717, 1.165) is 4.90 Å². The van der Waals surface area contributed by atoms with Crippen molar-refractivity contribution >= 4 is 81.6 Å². The number of aliphatic hydroxyl groups excluding tert-OH is 1. The fraction of sp³-hybridized carbons (Fsp3) is 0.527. The number of hydrogen-bond donors (Lipinski definition) is 14. The summed E-state index contributed by atoms with van der Waals surface area (Å²) in [7, 11) is 1.23. The lowest BCUT2D eigenvalue weighted by Crippen LogP contribution is -2.62. The fourth-order valence-corrected chi connectivity index (χ4v) is 8.58. The number of aliphatic hydroxyl groups is 1. The number of phenolic OH excluding ortho intramolecular Hbond substituents is 1. The molecular formula is C55H82N14O13. The Labute approximate surface area is 476 Å². The lowest BCUT2D eigenvalue weighted by atomic mass is 9.99. The number of nitrogens with zero attached hydrogens (tertiary/aromatic N) is 2. The summed E-state index contributed by atoms with van der Waals surface area (Å²) in [6.07, 6.45) is -1.30. The monoisotopic (exact) mass is 1150 g/mol. The van der Waals surface area contributed by atoms with Crippen LogP contribution >= 0.6 is 0 Å². The molecule has 9 unspecified atom stereocenters. The summed E-state index contributed by atoms with van der Waals surface area (Å²) in [6.45, 7) is 11.1. The highest BCUT2D eigenvalue weighted by Crippen LogP contribution is 2.20. The number of benzene rings is 2. The van der Waals surface area contributed by atoms with Crippen LogP contribution in [0.25, 0.3) is 10.9 Å². The van der Waals surface area contributed by atoms with Gasteiger partial charge in [-0.1, -0.05) is 58.0 Å². The highest BCUT2D eigenvalue weighted by Gasteiger charge is 2.37. The van der Waals surface area contributed by atoms with Crippen LogP contribution in [0.4, 0.5) is 0 Å². The van der Waals surface area contributed by atoms with E-state index < -0.39 is 145 Å². The molecule has 3 aromatic rings. The van der Waals surface area contributed by atoms with Gasteiger partial charge in [-0.25, -0.2) is 0 Å². The van der Waals surface area contributed by atoms with Gasteiger partial charge in [0.1, 0.15) is 48.0 Å². The van der Waals surface area contributed by atoms with Gasteiger partial charge in [0.05, 0.1) is 25.1 Å². The zero-order valence-electron chi connectivity index (χ0n) is 47.7. The molecule has 0 spiro atoms. The minimum absolute atomic E-state index is 0.00824. The van der Waals surface area contributed by atoms with Gasteiger partial charge in [0, 0.05) is 55.7 Å². The molecule has 82 heavy (non-hydrogen) atoms. The van der Waals surface area contributed by atoms with Gasteiger partial charge in [0.25, 0.3) is 0 Å². The normalized spacial score (nSPS) is 14.5. The fourth-order valence-electron chi connectivity index (χ4n) is 8.58. The Bertz CT molecular complexity index is 2760. The first-order chi connectivity index (χ1) is 38.5. The molecule has 3 rings (SSSR count). The Morgan fingerprint density at radius 2 is 1.22 bits per heavy atom. The van der Waals surface area contributed by atoms with E-state index in [0.29, 0.717) is 27.7 Å². The molecule has 0 aliphatic heterocycles. The number of primary amides is 3. The Morgan fingerprint density at radius 3 is 1.80 bits per heavy atom. The average Bonchev–Trinajstić information content (AvgIpc) is 3.82. The number of aromatic nitrogens is 1. The molecule has 1 heterocycles. The second kappa shape index (κ2) is 32.7. The zero-order chi connectivity index (χ0) is 61.5. The SMILES string of the molecule is CC(C)=NCCCC(NC(=O)C(NC(=O)C(NC(=O)C(Cc1c[nH]c2ccccc12)NC(=O)C(CC(N)=O)NC(=O)C(N)CC(C)C)C(C)C)C(C)O)C(=O)NC(CCC(N)=O)C(=O)N(C)CC(=O)NC(Cc1ccc(O)cc1)C(N)=O. The van der Waals surface area contributed by atoms with Crippen molar-refractivity contribution in [2.75, 3.05) is 20.1 Å². The maximum atomic E-state index is 14.5. The minimum Gasteiger partial charge on any atom is -0.508 e. The predicted molar refractivity (Wildman–Crippen MR) is 303 cm³/mol. The molecule has 27 nitrogen and oxygen atoms in total. The van der Waals surface area contributed by atoms with E-state index in [2.05, 4.69) is 47.2 Å². The van der Waals surface area contributed by atoms with Gasteiger partial charge in [-0.3, -0.25) is 57.7 Å². The first-order valence-corrected chi connectivity index (χ1v) is 26.9. The summed E-state index contributed by atoms with van der Waals surface area (Å²) in [6, 6.07) is 1.44. The van der Waals surface area contributed by atoms with E-state index >= 15 is 0 Å². The van der Waals surface area contributed by atoms with Gasteiger partial charge >= 0.3 is 0 Å². The number of nitrogens with two attached hydrogens (primary N) is 4. The number of aromatic hydroxyl groups is 1. The number of para-hydroxylation sites is 1. The third-order valence-electron chi connectivity index (χ3n) is 13.0.